The van der Waals surface area contributed by atoms with Crippen molar-refractivity contribution in [2.24, 2.45) is 5.92 Å². The first-order chi connectivity index (χ1) is 5.72. The molecule has 1 N–H and O–H groups in total. The van der Waals surface area contributed by atoms with E-state index in [2.05, 4.69) is 37.8 Å². The fourth-order valence-electron chi connectivity index (χ4n) is 1.79. The molecule has 0 bridgehead atoms. The molecule has 2 atom stereocenters. The van der Waals surface area contributed by atoms with E-state index in [0.29, 0.717) is 4.87 Å². The average molecular weight is 187 g/mol. The standard InChI is InChI=1S/C10H21NS/c1-4-9(3)8-10(5-2)11-6-7-12-10/h9,11H,4-8H2,1-3H3. The van der Waals surface area contributed by atoms with Gasteiger partial charge in [0.05, 0.1) is 4.87 Å². The third-order valence-electron chi connectivity index (χ3n) is 2.87. The van der Waals surface area contributed by atoms with Gasteiger partial charge in [0, 0.05) is 12.3 Å². The Morgan fingerprint density at radius 1 is 1.50 bits per heavy atom. The van der Waals surface area contributed by atoms with Gasteiger partial charge in [-0.05, 0) is 18.8 Å². The van der Waals surface area contributed by atoms with Crippen LogP contribution in [0.4, 0.5) is 0 Å². The molecule has 1 aliphatic rings. The van der Waals surface area contributed by atoms with Crippen molar-refractivity contribution in [1.29, 1.82) is 0 Å². The summed E-state index contributed by atoms with van der Waals surface area (Å²) in [5.41, 5.74) is 0. The number of hydrogen-bond donors (Lipinski definition) is 1. The molecule has 0 radical (unpaired) electrons. The monoisotopic (exact) mass is 187 g/mol. The molecule has 0 aromatic rings. The molecule has 0 spiro atoms. The molecule has 0 saturated carbocycles. The van der Waals surface area contributed by atoms with Gasteiger partial charge in [0.15, 0.2) is 0 Å². The Kier molecular flexibility index (Phi) is 3.91. The summed E-state index contributed by atoms with van der Waals surface area (Å²) in [5, 5.41) is 3.65. The first-order valence-electron chi connectivity index (χ1n) is 5.11. The van der Waals surface area contributed by atoms with Gasteiger partial charge in [0.25, 0.3) is 0 Å². The molecule has 1 heterocycles. The second-order valence-corrected chi connectivity index (χ2v) is 5.32. The van der Waals surface area contributed by atoms with Crippen molar-refractivity contribution in [2.75, 3.05) is 12.3 Å². The Balaban J connectivity index is 2.43. The Bertz CT molecular complexity index is 130. The molecular formula is C10H21NS. The quantitative estimate of drug-likeness (QED) is 0.726. The first kappa shape index (κ1) is 10.4. The third-order valence-corrected chi connectivity index (χ3v) is 4.43. The van der Waals surface area contributed by atoms with Crippen LogP contribution in [-0.4, -0.2) is 17.2 Å². The number of thioether (sulfide) groups is 1. The van der Waals surface area contributed by atoms with E-state index in [9.17, 15) is 0 Å². The zero-order valence-electron chi connectivity index (χ0n) is 8.52. The Morgan fingerprint density at radius 3 is 2.67 bits per heavy atom. The lowest BCUT2D eigenvalue weighted by Crippen LogP contribution is -2.37. The molecule has 0 aromatic heterocycles. The van der Waals surface area contributed by atoms with Crippen LogP contribution in [0.1, 0.15) is 40.0 Å². The lowest BCUT2D eigenvalue weighted by atomic mass is 9.97. The van der Waals surface area contributed by atoms with Crippen LogP contribution in [0.15, 0.2) is 0 Å². The van der Waals surface area contributed by atoms with Crippen LogP contribution in [0.5, 0.6) is 0 Å². The maximum Gasteiger partial charge on any atom is 0.0645 e. The second kappa shape index (κ2) is 4.52. The van der Waals surface area contributed by atoms with Gasteiger partial charge in [0.2, 0.25) is 0 Å². The topological polar surface area (TPSA) is 12.0 Å². The van der Waals surface area contributed by atoms with Gasteiger partial charge in [-0.1, -0.05) is 27.2 Å². The predicted octanol–water partition coefficient (Wildman–Crippen LogP) is 2.87. The zero-order chi connectivity index (χ0) is 9.03. The van der Waals surface area contributed by atoms with Gasteiger partial charge in [0.1, 0.15) is 0 Å². The summed E-state index contributed by atoms with van der Waals surface area (Å²) in [5.74, 6) is 2.16. The highest BCUT2D eigenvalue weighted by molar-refractivity contribution is 8.00. The van der Waals surface area contributed by atoms with Crippen LogP contribution in [0.2, 0.25) is 0 Å². The first-order valence-corrected chi connectivity index (χ1v) is 6.10. The fraction of sp³-hybridized carbons (Fsp3) is 1.00. The van der Waals surface area contributed by atoms with Crippen molar-refractivity contribution in [3.8, 4) is 0 Å². The molecular weight excluding hydrogens is 166 g/mol. The maximum atomic E-state index is 3.65. The summed E-state index contributed by atoms with van der Waals surface area (Å²) in [6.45, 7) is 8.15. The number of hydrogen-bond acceptors (Lipinski definition) is 2. The molecule has 1 saturated heterocycles. The lowest BCUT2D eigenvalue weighted by molar-refractivity contribution is 0.370. The van der Waals surface area contributed by atoms with E-state index < -0.39 is 0 Å². The SMILES string of the molecule is CCC(C)CC1(CC)NCCS1. The highest BCUT2D eigenvalue weighted by Crippen LogP contribution is 2.36. The summed E-state index contributed by atoms with van der Waals surface area (Å²) in [6.07, 6.45) is 3.91. The maximum absolute atomic E-state index is 3.65. The number of nitrogens with one attached hydrogen (secondary N) is 1. The molecule has 0 amide bonds. The van der Waals surface area contributed by atoms with E-state index in [1.807, 2.05) is 0 Å². The van der Waals surface area contributed by atoms with E-state index in [1.165, 1.54) is 31.6 Å². The molecule has 1 rings (SSSR count). The van der Waals surface area contributed by atoms with Gasteiger partial charge >= 0.3 is 0 Å². The Labute approximate surface area is 80.7 Å². The lowest BCUT2D eigenvalue weighted by Gasteiger charge is -2.29. The highest BCUT2D eigenvalue weighted by atomic mass is 32.2. The van der Waals surface area contributed by atoms with Crippen LogP contribution in [-0.2, 0) is 0 Å². The molecule has 1 aliphatic heterocycles. The molecule has 2 heteroatoms. The second-order valence-electron chi connectivity index (χ2n) is 3.84. The van der Waals surface area contributed by atoms with E-state index in [4.69, 9.17) is 0 Å². The Morgan fingerprint density at radius 2 is 2.25 bits per heavy atom. The van der Waals surface area contributed by atoms with Crippen molar-refractivity contribution in [3.05, 3.63) is 0 Å². The largest absolute Gasteiger partial charge is 0.302 e. The van der Waals surface area contributed by atoms with Gasteiger partial charge < -0.3 is 5.32 Å². The van der Waals surface area contributed by atoms with E-state index >= 15 is 0 Å². The van der Waals surface area contributed by atoms with Crippen LogP contribution in [0.25, 0.3) is 0 Å². The molecule has 2 unspecified atom stereocenters. The van der Waals surface area contributed by atoms with E-state index in [0.717, 1.165) is 5.92 Å². The minimum Gasteiger partial charge on any atom is -0.302 e. The third kappa shape index (κ3) is 2.40. The summed E-state index contributed by atoms with van der Waals surface area (Å²) in [7, 11) is 0. The Hall–Kier alpha value is 0.310. The van der Waals surface area contributed by atoms with E-state index in [1.54, 1.807) is 0 Å². The van der Waals surface area contributed by atoms with Crippen LogP contribution >= 0.6 is 11.8 Å². The molecule has 0 aromatic carbocycles. The highest BCUT2D eigenvalue weighted by Gasteiger charge is 2.33. The van der Waals surface area contributed by atoms with Gasteiger partial charge in [-0.2, -0.15) is 0 Å². The smallest absolute Gasteiger partial charge is 0.0645 e. The van der Waals surface area contributed by atoms with Crippen LogP contribution in [0, 0.1) is 5.92 Å². The molecule has 1 fully saturated rings. The minimum absolute atomic E-state index is 0.426. The summed E-state index contributed by atoms with van der Waals surface area (Å²) in [6, 6.07) is 0. The van der Waals surface area contributed by atoms with Crippen molar-refractivity contribution >= 4 is 11.8 Å². The van der Waals surface area contributed by atoms with Crippen LogP contribution < -0.4 is 5.32 Å². The predicted molar refractivity (Wildman–Crippen MR) is 57.6 cm³/mol. The average Bonchev–Trinajstić information content (AvgIpc) is 2.54. The number of rotatable bonds is 4. The van der Waals surface area contributed by atoms with Crippen molar-refractivity contribution < 1.29 is 0 Å². The molecule has 1 nitrogen and oxygen atoms in total. The van der Waals surface area contributed by atoms with E-state index in [-0.39, 0.29) is 0 Å². The molecule has 12 heavy (non-hydrogen) atoms. The van der Waals surface area contributed by atoms with Gasteiger partial charge in [-0.3, -0.25) is 0 Å². The van der Waals surface area contributed by atoms with Gasteiger partial charge in [-0.15, -0.1) is 11.8 Å². The van der Waals surface area contributed by atoms with Crippen LogP contribution in [0.3, 0.4) is 0 Å². The van der Waals surface area contributed by atoms with Crippen molar-refractivity contribution in [3.63, 3.8) is 0 Å². The van der Waals surface area contributed by atoms with Crippen molar-refractivity contribution in [1.82, 2.24) is 5.32 Å². The summed E-state index contributed by atoms with van der Waals surface area (Å²) < 4.78 is 0. The minimum atomic E-state index is 0.426. The molecule has 0 aliphatic carbocycles. The fourth-order valence-corrected chi connectivity index (χ4v) is 3.19. The summed E-state index contributed by atoms with van der Waals surface area (Å²) in [4.78, 5) is 0.426. The van der Waals surface area contributed by atoms with Gasteiger partial charge in [-0.25, -0.2) is 0 Å². The van der Waals surface area contributed by atoms with Crippen molar-refractivity contribution in [2.45, 2.75) is 44.9 Å². The summed E-state index contributed by atoms with van der Waals surface area (Å²) >= 11 is 2.12. The zero-order valence-corrected chi connectivity index (χ0v) is 9.34. The normalized spacial score (nSPS) is 32.2. The molecule has 72 valence electrons.